The highest BCUT2D eigenvalue weighted by atomic mass is 32.3. The Balaban J connectivity index is 2.28. The topological polar surface area (TPSA) is 192 Å². The first-order chi connectivity index (χ1) is 33.5. The summed E-state index contributed by atoms with van der Waals surface area (Å²) in [5.74, 6) is -0.226. The Morgan fingerprint density at radius 2 is 0.928 bits per heavy atom. The monoisotopic (exact) mass is 1000 g/mol. The molecule has 0 aromatic rings. The van der Waals surface area contributed by atoms with Gasteiger partial charge in [0.05, 0.1) is 25.4 Å². The average molecular weight is 1000 g/mol. The molecule has 1 aliphatic rings. The average Bonchev–Trinajstić information content (AvgIpc) is 3.32. The fourth-order valence-electron chi connectivity index (χ4n) is 9.57. The number of rotatable bonds is 51. The first kappa shape index (κ1) is 65.9. The smallest absolute Gasteiger partial charge is 0.394 e. The Morgan fingerprint density at radius 3 is 1.30 bits per heavy atom. The van der Waals surface area contributed by atoms with E-state index in [0.717, 1.165) is 51.4 Å². The highest BCUT2D eigenvalue weighted by Crippen LogP contribution is 2.26. The maximum atomic E-state index is 13.1. The molecule has 0 spiro atoms. The van der Waals surface area contributed by atoms with E-state index < -0.39 is 59.9 Å². The molecule has 0 aromatic carbocycles. The summed E-state index contributed by atoms with van der Waals surface area (Å²) < 4.78 is 47.9. The van der Waals surface area contributed by atoms with Crippen LogP contribution >= 0.6 is 0 Å². The Morgan fingerprint density at radius 1 is 0.565 bits per heavy atom. The minimum atomic E-state index is -5.08. The Bertz CT molecular complexity index is 1270. The Labute approximate surface area is 423 Å². The second kappa shape index (κ2) is 46.6. The van der Waals surface area contributed by atoms with E-state index in [0.29, 0.717) is 12.8 Å². The van der Waals surface area contributed by atoms with Crippen molar-refractivity contribution in [1.82, 2.24) is 5.32 Å². The van der Waals surface area contributed by atoms with E-state index in [4.69, 9.17) is 9.47 Å². The van der Waals surface area contributed by atoms with Gasteiger partial charge in [-0.15, -0.1) is 0 Å². The zero-order valence-electron chi connectivity index (χ0n) is 44.4. The van der Waals surface area contributed by atoms with Crippen molar-refractivity contribution in [1.29, 1.82) is 0 Å². The van der Waals surface area contributed by atoms with E-state index in [1.54, 1.807) is 0 Å². The van der Waals surface area contributed by atoms with Crippen LogP contribution in [0.4, 0.5) is 0 Å². The van der Waals surface area contributed by atoms with E-state index >= 15 is 0 Å². The van der Waals surface area contributed by atoms with Crippen molar-refractivity contribution >= 4 is 16.3 Å². The van der Waals surface area contributed by atoms with Gasteiger partial charge in [-0.25, -0.2) is 4.18 Å². The molecular weight excluding hydrogens is 895 g/mol. The van der Waals surface area contributed by atoms with Crippen LogP contribution in [0, 0.1) is 0 Å². The molecule has 69 heavy (non-hydrogen) atoms. The number of carbonyl (C=O) groups is 1. The molecule has 410 valence electrons. The van der Waals surface area contributed by atoms with E-state index in [1.165, 1.54) is 205 Å². The lowest BCUT2D eigenvalue weighted by atomic mass is 9.99. The zero-order valence-corrected chi connectivity index (χ0v) is 45.2. The number of unbranched alkanes of at least 4 members (excludes halogenated alkanes) is 37. The van der Waals surface area contributed by atoms with Crippen LogP contribution in [0.15, 0.2) is 12.2 Å². The standard InChI is InChI=1S/C56H109NO11S/c1-3-5-7-9-11-13-15-17-19-20-21-22-23-24-25-26-27-28-29-30-31-32-34-36-38-40-42-44-46-52(60)57-49(48-66-56-54(62)55(68-69(63,64)65)53(61)51(47-58)67-56)50(59)45-43-41-39-37-35-33-18-16-14-12-10-8-6-4-2/h24-25,49-51,53-56,58-59,61-62H,3-23,26-48H2,1-2H3,(H,57,60)(H,63,64,65)/b25-24-. The van der Waals surface area contributed by atoms with Crippen LogP contribution in [0.25, 0.3) is 0 Å². The molecule has 1 amide bonds. The van der Waals surface area contributed by atoms with E-state index in [1.807, 2.05) is 0 Å². The van der Waals surface area contributed by atoms with E-state index in [-0.39, 0.29) is 12.5 Å². The normalized spacial score (nSPS) is 19.7. The zero-order chi connectivity index (χ0) is 50.5. The molecular formula is C56H109NO11S. The third-order valence-corrected chi connectivity index (χ3v) is 14.5. The lowest BCUT2D eigenvalue weighted by molar-refractivity contribution is -0.298. The number of hydrogen-bond donors (Lipinski definition) is 6. The van der Waals surface area contributed by atoms with Crippen LogP contribution in [0.1, 0.15) is 284 Å². The molecule has 0 saturated carbocycles. The van der Waals surface area contributed by atoms with Gasteiger partial charge in [0.2, 0.25) is 5.91 Å². The fraction of sp³-hybridized carbons (Fsp3) is 0.946. The van der Waals surface area contributed by atoms with Gasteiger partial charge in [0.25, 0.3) is 0 Å². The van der Waals surface area contributed by atoms with Gasteiger partial charge >= 0.3 is 10.4 Å². The van der Waals surface area contributed by atoms with Crippen molar-refractivity contribution in [2.75, 3.05) is 13.2 Å². The second-order valence-electron chi connectivity index (χ2n) is 20.6. The van der Waals surface area contributed by atoms with E-state index in [9.17, 15) is 38.2 Å². The molecule has 13 heteroatoms. The van der Waals surface area contributed by atoms with Crippen molar-refractivity contribution in [2.45, 2.75) is 326 Å². The molecule has 6 N–H and O–H groups in total. The van der Waals surface area contributed by atoms with Gasteiger partial charge in [-0.2, -0.15) is 8.42 Å². The minimum absolute atomic E-state index is 0.226. The van der Waals surface area contributed by atoms with Gasteiger partial charge in [-0.1, -0.05) is 251 Å². The largest absolute Gasteiger partial charge is 0.397 e. The maximum absolute atomic E-state index is 13.1. The number of aliphatic hydroxyl groups is 4. The molecule has 1 rings (SSSR count). The summed E-state index contributed by atoms with van der Waals surface area (Å²) in [6, 6.07) is -0.855. The summed E-state index contributed by atoms with van der Waals surface area (Å²) in [6.07, 6.45) is 46.6. The molecule has 7 atom stereocenters. The van der Waals surface area contributed by atoms with Crippen molar-refractivity contribution in [3.8, 4) is 0 Å². The highest BCUT2D eigenvalue weighted by Gasteiger charge is 2.48. The lowest BCUT2D eigenvalue weighted by Crippen LogP contribution is -2.61. The van der Waals surface area contributed by atoms with Gasteiger partial charge < -0.3 is 35.2 Å². The molecule has 1 fully saturated rings. The Kier molecular flexibility index (Phi) is 44.5. The third kappa shape index (κ3) is 39.0. The fourth-order valence-corrected chi connectivity index (χ4v) is 10.1. The van der Waals surface area contributed by atoms with Crippen molar-refractivity contribution in [3.05, 3.63) is 12.2 Å². The predicted molar refractivity (Wildman–Crippen MR) is 282 cm³/mol. The van der Waals surface area contributed by atoms with Crippen LogP contribution in [0.2, 0.25) is 0 Å². The predicted octanol–water partition coefficient (Wildman–Crippen LogP) is 13.5. The van der Waals surface area contributed by atoms with Gasteiger partial charge in [0.15, 0.2) is 6.29 Å². The molecule has 12 nitrogen and oxygen atoms in total. The van der Waals surface area contributed by atoms with E-state index in [2.05, 4.69) is 35.5 Å². The molecule has 1 heterocycles. The minimum Gasteiger partial charge on any atom is -0.394 e. The molecule has 1 aliphatic heterocycles. The number of amides is 1. The number of nitrogens with one attached hydrogen (secondary N) is 1. The van der Waals surface area contributed by atoms with Crippen LogP contribution in [0.3, 0.4) is 0 Å². The molecule has 0 bridgehead atoms. The first-order valence-electron chi connectivity index (χ1n) is 29.1. The van der Waals surface area contributed by atoms with Crippen molar-refractivity contribution in [2.24, 2.45) is 0 Å². The summed E-state index contributed by atoms with van der Waals surface area (Å²) in [5.41, 5.74) is 0. The summed E-state index contributed by atoms with van der Waals surface area (Å²) in [7, 11) is -5.08. The maximum Gasteiger partial charge on any atom is 0.397 e. The summed E-state index contributed by atoms with van der Waals surface area (Å²) in [4.78, 5) is 13.1. The third-order valence-electron chi connectivity index (χ3n) is 14.1. The number of hydrogen-bond acceptors (Lipinski definition) is 10. The Hall–Kier alpha value is -1.16. The van der Waals surface area contributed by atoms with Gasteiger partial charge in [-0.3, -0.25) is 9.35 Å². The first-order valence-corrected chi connectivity index (χ1v) is 30.4. The number of aliphatic hydroxyl groups excluding tert-OH is 4. The van der Waals surface area contributed by atoms with Crippen LogP contribution in [0.5, 0.6) is 0 Å². The SMILES string of the molecule is CCCCCCCCCCCCCC/C=C\CCCCCCCCCCCCCCC(=O)NC(COC1OC(CO)C(O)C(OS(=O)(=O)O)C1O)C(O)CCCCCCCCCCCCCCCC. The summed E-state index contributed by atoms with van der Waals surface area (Å²) in [6.45, 7) is 3.48. The summed E-state index contributed by atoms with van der Waals surface area (Å²) >= 11 is 0. The quantitative estimate of drug-likeness (QED) is 0.0193. The lowest BCUT2D eigenvalue weighted by Gasteiger charge is -2.41. The molecule has 0 radical (unpaired) electrons. The van der Waals surface area contributed by atoms with Crippen LogP contribution in [-0.2, 0) is 28.9 Å². The summed E-state index contributed by atoms with van der Waals surface area (Å²) in [5, 5.41) is 45.0. The molecule has 0 aromatic heterocycles. The molecule has 1 saturated heterocycles. The van der Waals surface area contributed by atoms with Crippen LogP contribution < -0.4 is 5.32 Å². The number of carbonyl (C=O) groups excluding carboxylic acids is 1. The molecule has 7 unspecified atom stereocenters. The molecule has 0 aliphatic carbocycles. The van der Waals surface area contributed by atoms with Gasteiger partial charge in [-0.05, 0) is 38.5 Å². The second-order valence-corrected chi connectivity index (χ2v) is 21.6. The number of allylic oxidation sites excluding steroid dienone is 2. The van der Waals surface area contributed by atoms with Gasteiger partial charge in [0, 0.05) is 6.42 Å². The van der Waals surface area contributed by atoms with Crippen molar-refractivity contribution in [3.63, 3.8) is 0 Å². The highest BCUT2D eigenvalue weighted by molar-refractivity contribution is 7.80. The van der Waals surface area contributed by atoms with Crippen molar-refractivity contribution < 1.29 is 51.8 Å². The van der Waals surface area contributed by atoms with Crippen LogP contribution in [-0.4, -0.2) is 95.4 Å². The number of ether oxygens (including phenoxy) is 2. The van der Waals surface area contributed by atoms with Gasteiger partial charge in [0.1, 0.15) is 24.4 Å².